The Bertz CT molecular complexity index is 920. The molecule has 3 aromatic carbocycles. The van der Waals surface area contributed by atoms with Crippen molar-refractivity contribution in [3.8, 4) is 0 Å². The first-order valence-corrected chi connectivity index (χ1v) is 7.66. The summed E-state index contributed by atoms with van der Waals surface area (Å²) in [6, 6.07) is 16.9. The van der Waals surface area contributed by atoms with E-state index in [0.717, 1.165) is 21.5 Å². The molecule has 0 aromatic heterocycles. The molecule has 5 heteroatoms. The molecular formula is C19H17NO4. The van der Waals surface area contributed by atoms with Crippen LogP contribution >= 0.6 is 0 Å². The average Bonchev–Trinajstić information content (AvgIpc) is 2.56. The van der Waals surface area contributed by atoms with Gasteiger partial charge in [-0.1, -0.05) is 30.3 Å². The van der Waals surface area contributed by atoms with Crippen molar-refractivity contribution in [2.45, 2.75) is 18.9 Å². The van der Waals surface area contributed by atoms with Crippen molar-refractivity contribution >= 4 is 39.2 Å². The van der Waals surface area contributed by atoms with Crippen LogP contribution in [0.5, 0.6) is 0 Å². The second kappa shape index (κ2) is 6.58. The molecule has 0 spiro atoms. The van der Waals surface area contributed by atoms with E-state index < -0.39 is 18.0 Å². The molecule has 0 aliphatic carbocycles. The third-order valence-electron chi connectivity index (χ3n) is 3.99. The van der Waals surface area contributed by atoms with Gasteiger partial charge in [0.25, 0.3) is 0 Å². The third kappa shape index (κ3) is 3.46. The molecule has 0 amide bonds. The van der Waals surface area contributed by atoms with Crippen molar-refractivity contribution < 1.29 is 19.8 Å². The van der Waals surface area contributed by atoms with Crippen molar-refractivity contribution in [1.82, 2.24) is 0 Å². The molecule has 0 saturated heterocycles. The predicted octanol–water partition coefficient (Wildman–Crippen LogP) is 3.72. The molecule has 24 heavy (non-hydrogen) atoms. The lowest BCUT2D eigenvalue weighted by Gasteiger charge is -2.15. The van der Waals surface area contributed by atoms with E-state index in [9.17, 15) is 14.7 Å². The Morgan fingerprint density at radius 3 is 2.12 bits per heavy atom. The minimum Gasteiger partial charge on any atom is -0.481 e. The maximum Gasteiger partial charge on any atom is 0.326 e. The summed E-state index contributed by atoms with van der Waals surface area (Å²) in [6.07, 6.45) is -0.164. The maximum atomic E-state index is 11.3. The number of carboxylic acid groups (broad SMARTS) is 2. The number of fused-ring (bicyclic) bond motifs is 2. The van der Waals surface area contributed by atoms with E-state index in [1.165, 1.54) is 0 Å². The summed E-state index contributed by atoms with van der Waals surface area (Å²) < 4.78 is 0. The summed E-state index contributed by atoms with van der Waals surface area (Å²) >= 11 is 0. The van der Waals surface area contributed by atoms with Gasteiger partial charge >= 0.3 is 11.9 Å². The summed E-state index contributed by atoms with van der Waals surface area (Å²) in [5, 5.41) is 25.2. The topological polar surface area (TPSA) is 86.6 Å². The fraction of sp³-hybridized carbons (Fsp3) is 0.158. The zero-order valence-corrected chi connectivity index (χ0v) is 12.9. The fourth-order valence-corrected chi connectivity index (χ4v) is 2.76. The largest absolute Gasteiger partial charge is 0.481 e. The molecule has 3 aromatic rings. The molecule has 0 aliphatic heterocycles. The van der Waals surface area contributed by atoms with Crippen LogP contribution in [0.4, 0.5) is 5.69 Å². The number of hydrogen-bond acceptors (Lipinski definition) is 3. The number of nitrogens with one attached hydrogen (secondary N) is 1. The van der Waals surface area contributed by atoms with Gasteiger partial charge in [0.05, 0.1) is 0 Å². The second-order valence-electron chi connectivity index (χ2n) is 5.73. The second-order valence-corrected chi connectivity index (χ2v) is 5.73. The molecule has 5 nitrogen and oxygen atoms in total. The first kappa shape index (κ1) is 15.8. The summed E-state index contributed by atoms with van der Waals surface area (Å²) in [5.74, 6) is -2.07. The first-order chi connectivity index (χ1) is 11.5. The summed E-state index contributed by atoms with van der Waals surface area (Å²) in [4.78, 5) is 22.0. The predicted molar refractivity (Wildman–Crippen MR) is 93.4 cm³/mol. The number of rotatable bonds is 6. The van der Waals surface area contributed by atoms with Gasteiger partial charge in [-0.05, 0) is 52.2 Å². The molecule has 122 valence electrons. The van der Waals surface area contributed by atoms with Crippen LogP contribution in [0.3, 0.4) is 0 Å². The molecule has 0 heterocycles. The molecule has 3 N–H and O–H groups in total. The number of hydrogen-bond donors (Lipinski definition) is 3. The van der Waals surface area contributed by atoms with Crippen molar-refractivity contribution in [3.63, 3.8) is 0 Å². The quantitative estimate of drug-likeness (QED) is 0.602. The minimum absolute atomic E-state index is 0.0282. The Morgan fingerprint density at radius 1 is 0.875 bits per heavy atom. The van der Waals surface area contributed by atoms with Crippen molar-refractivity contribution in [2.75, 3.05) is 5.32 Å². The molecule has 0 fully saturated rings. The van der Waals surface area contributed by atoms with Crippen LogP contribution in [0.15, 0.2) is 54.6 Å². The minimum atomic E-state index is -1.06. The van der Waals surface area contributed by atoms with Crippen LogP contribution in [0.1, 0.15) is 12.8 Å². The molecule has 1 unspecified atom stereocenters. The highest BCUT2D eigenvalue weighted by Crippen LogP contribution is 2.25. The molecule has 3 rings (SSSR count). The zero-order valence-electron chi connectivity index (χ0n) is 12.9. The van der Waals surface area contributed by atoms with Gasteiger partial charge in [-0.2, -0.15) is 0 Å². The van der Waals surface area contributed by atoms with Gasteiger partial charge in [0, 0.05) is 12.1 Å². The summed E-state index contributed by atoms with van der Waals surface area (Å²) in [6.45, 7) is 0. The maximum absolute atomic E-state index is 11.3. The highest BCUT2D eigenvalue weighted by molar-refractivity contribution is 5.99. The van der Waals surface area contributed by atoms with E-state index in [-0.39, 0.29) is 12.8 Å². The Labute approximate surface area is 138 Å². The molecule has 0 saturated carbocycles. The van der Waals surface area contributed by atoms with Gasteiger partial charge in [0.2, 0.25) is 0 Å². The van der Waals surface area contributed by atoms with Gasteiger partial charge in [-0.15, -0.1) is 0 Å². The van der Waals surface area contributed by atoms with Crippen LogP contribution in [-0.4, -0.2) is 28.2 Å². The lowest BCUT2D eigenvalue weighted by Crippen LogP contribution is -2.29. The van der Waals surface area contributed by atoms with E-state index in [1.54, 1.807) is 0 Å². The van der Waals surface area contributed by atoms with Crippen LogP contribution in [-0.2, 0) is 9.59 Å². The normalized spacial score (nSPS) is 12.2. The first-order valence-electron chi connectivity index (χ1n) is 7.66. The highest BCUT2D eigenvalue weighted by Gasteiger charge is 2.18. The lowest BCUT2D eigenvalue weighted by atomic mass is 10.0. The highest BCUT2D eigenvalue weighted by atomic mass is 16.4. The smallest absolute Gasteiger partial charge is 0.326 e. The number of anilines is 1. The van der Waals surface area contributed by atoms with Crippen LogP contribution in [0.25, 0.3) is 21.5 Å². The van der Waals surface area contributed by atoms with Crippen LogP contribution < -0.4 is 5.32 Å². The summed E-state index contributed by atoms with van der Waals surface area (Å²) in [7, 11) is 0. The SMILES string of the molecule is O=C(O)CCC(Nc1ccc2cc3ccccc3cc2c1)C(=O)O. The Kier molecular flexibility index (Phi) is 4.33. The van der Waals surface area contributed by atoms with Crippen molar-refractivity contribution in [2.24, 2.45) is 0 Å². The number of carbonyl (C=O) groups is 2. The van der Waals surface area contributed by atoms with Gasteiger partial charge in [0.15, 0.2) is 0 Å². The Balaban J connectivity index is 1.90. The van der Waals surface area contributed by atoms with E-state index in [0.29, 0.717) is 5.69 Å². The molecule has 0 aliphatic rings. The number of carboxylic acids is 2. The van der Waals surface area contributed by atoms with E-state index in [1.807, 2.05) is 42.5 Å². The Hall–Kier alpha value is -3.08. The van der Waals surface area contributed by atoms with Crippen molar-refractivity contribution in [3.05, 3.63) is 54.6 Å². The Morgan fingerprint density at radius 2 is 1.50 bits per heavy atom. The fourth-order valence-electron chi connectivity index (χ4n) is 2.76. The summed E-state index contributed by atoms with van der Waals surface area (Å²) in [5.41, 5.74) is 0.663. The molecule has 1 atom stereocenters. The number of benzene rings is 3. The molecule has 0 radical (unpaired) electrons. The monoisotopic (exact) mass is 323 g/mol. The van der Waals surface area contributed by atoms with Crippen molar-refractivity contribution in [1.29, 1.82) is 0 Å². The van der Waals surface area contributed by atoms with Gasteiger partial charge in [-0.25, -0.2) is 4.79 Å². The van der Waals surface area contributed by atoms with Gasteiger partial charge in [-0.3, -0.25) is 4.79 Å². The van der Waals surface area contributed by atoms with E-state index in [2.05, 4.69) is 17.4 Å². The third-order valence-corrected chi connectivity index (χ3v) is 3.99. The van der Waals surface area contributed by atoms with Gasteiger partial charge < -0.3 is 15.5 Å². The van der Waals surface area contributed by atoms with Crippen LogP contribution in [0.2, 0.25) is 0 Å². The number of aliphatic carboxylic acids is 2. The van der Waals surface area contributed by atoms with E-state index >= 15 is 0 Å². The average molecular weight is 323 g/mol. The lowest BCUT2D eigenvalue weighted by molar-refractivity contribution is -0.139. The van der Waals surface area contributed by atoms with Crippen LogP contribution in [0, 0.1) is 0 Å². The van der Waals surface area contributed by atoms with Gasteiger partial charge in [0.1, 0.15) is 6.04 Å². The zero-order chi connectivity index (χ0) is 17.1. The standard InChI is InChI=1S/C19H17NO4/c21-18(22)8-7-17(19(23)24)20-16-6-5-14-9-12-3-1-2-4-13(12)10-15(14)11-16/h1-6,9-11,17,20H,7-8H2,(H,21,22)(H,23,24). The molecular weight excluding hydrogens is 306 g/mol. The van der Waals surface area contributed by atoms with E-state index in [4.69, 9.17) is 5.11 Å². The molecule has 0 bridgehead atoms.